The predicted molar refractivity (Wildman–Crippen MR) is 123 cm³/mol. The van der Waals surface area contributed by atoms with Crippen LogP contribution in [0.1, 0.15) is 24.6 Å². The van der Waals surface area contributed by atoms with E-state index >= 15 is 0 Å². The molecule has 2 aromatic carbocycles. The highest BCUT2D eigenvalue weighted by Crippen LogP contribution is 2.36. The van der Waals surface area contributed by atoms with Gasteiger partial charge in [0, 0.05) is 40.3 Å². The summed E-state index contributed by atoms with van der Waals surface area (Å²) in [5.74, 6) is 0.347. The average Bonchev–Trinajstić information content (AvgIpc) is 3.33. The van der Waals surface area contributed by atoms with Crippen molar-refractivity contribution >= 4 is 33.5 Å². The largest absolute Gasteiger partial charge is 0.416 e. The number of benzene rings is 2. The molecular formula is C24H19ClF3N5. The summed E-state index contributed by atoms with van der Waals surface area (Å²) in [6.45, 7) is 2.06. The van der Waals surface area contributed by atoms with E-state index in [1.165, 1.54) is 12.1 Å². The van der Waals surface area contributed by atoms with Gasteiger partial charge >= 0.3 is 6.18 Å². The number of aromatic nitrogens is 5. The number of fused-ring (bicyclic) bond motifs is 2. The van der Waals surface area contributed by atoms with Gasteiger partial charge in [-0.3, -0.25) is 4.68 Å². The van der Waals surface area contributed by atoms with E-state index in [1.54, 1.807) is 4.68 Å². The Hall–Kier alpha value is -3.39. The minimum absolute atomic E-state index is 0.347. The molecule has 0 bridgehead atoms. The third-order valence-corrected chi connectivity index (χ3v) is 5.84. The predicted octanol–water partition coefficient (Wildman–Crippen LogP) is 6.80. The third-order valence-electron chi connectivity index (χ3n) is 5.61. The van der Waals surface area contributed by atoms with Crippen LogP contribution in [-0.4, -0.2) is 24.7 Å². The molecule has 0 aliphatic rings. The first-order chi connectivity index (χ1) is 15.8. The van der Waals surface area contributed by atoms with Crippen molar-refractivity contribution in [2.75, 3.05) is 0 Å². The minimum Gasteiger partial charge on any atom is -0.360 e. The molecule has 5 rings (SSSR count). The maximum Gasteiger partial charge on any atom is 0.416 e. The summed E-state index contributed by atoms with van der Waals surface area (Å²) < 4.78 is 40.9. The van der Waals surface area contributed by atoms with Gasteiger partial charge in [0.15, 0.2) is 5.82 Å². The average molecular weight is 470 g/mol. The van der Waals surface area contributed by atoms with Crippen molar-refractivity contribution in [2.24, 2.45) is 7.05 Å². The van der Waals surface area contributed by atoms with Crippen LogP contribution in [0, 0.1) is 0 Å². The Morgan fingerprint density at radius 1 is 1.06 bits per heavy atom. The molecule has 9 heteroatoms. The Kier molecular flexibility index (Phi) is 5.12. The van der Waals surface area contributed by atoms with Crippen molar-refractivity contribution in [1.82, 2.24) is 24.7 Å². The fourth-order valence-corrected chi connectivity index (χ4v) is 4.24. The first kappa shape index (κ1) is 21.5. The fraction of sp³-hybridized carbons (Fsp3) is 0.208. The zero-order chi connectivity index (χ0) is 23.3. The van der Waals surface area contributed by atoms with Crippen LogP contribution in [0.4, 0.5) is 13.2 Å². The number of rotatable bonds is 4. The molecule has 3 heterocycles. The van der Waals surface area contributed by atoms with E-state index in [0.717, 1.165) is 52.7 Å². The SMILES string of the molecule is CCCc1nn(C)c2c(-c3c[nH]c4cc(Cl)ccc34)nc(-c3ccc(C(F)(F)F)cc3)nc12. The van der Waals surface area contributed by atoms with E-state index in [1.807, 2.05) is 31.4 Å². The van der Waals surface area contributed by atoms with Crippen LogP contribution >= 0.6 is 11.6 Å². The Morgan fingerprint density at radius 2 is 1.82 bits per heavy atom. The Labute approximate surface area is 192 Å². The van der Waals surface area contributed by atoms with Gasteiger partial charge in [-0.15, -0.1) is 0 Å². The summed E-state index contributed by atoms with van der Waals surface area (Å²) in [6, 6.07) is 10.5. The summed E-state index contributed by atoms with van der Waals surface area (Å²) in [4.78, 5) is 12.8. The number of nitrogens with zero attached hydrogens (tertiary/aromatic N) is 4. The van der Waals surface area contributed by atoms with Gasteiger partial charge in [-0.25, -0.2) is 9.97 Å². The summed E-state index contributed by atoms with van der Waals surface area (Å²) >= 11 is 6.14. The zero-order valence-corrected chi connectivity index (χ0v) is 18.6. The van der Waals surface area contributed by atoms with Crippen LogP contribution in [-0.2, 0) is 19.6 Å². The van der Waals surface area contributed by atoms with Crippen LogP contribution in [0.2, 0.25) is 5.02 Å². The lowest BCUT2D eigenvalue weighted by Crippen LogP contribution is -2.04. The monoisotopic (exact) mass is 469 g/mol. The lowest BCUT2D eigenvalue weighted by molar-refractivity contribution is -0.137. The van der Waals surface area contributed by atoms with Gasteiger partial charge in [-0.2, -0.15) is 18.3 Å². The minimum atomic E-state index is -4.41. The summed E-state index contributed by atoms with van der Waals surface area (Å²) in [5.41, 5.74) is 4.43. The highest BCUT2D eigenvalue weighted by Gasteiger charge is 2.30. The van der Waals surface area contributed by atoms with E-state index in [-0.39, 0.29) is 0 Å². The third kappa shape index (κ3) is 3.74. The van der Waals surface area contributed by atoms with Crippen LogP contribution in [0.15, 0.2) is 48.7 Å². The fourth-order valence-electron chi connectivity index (χ4n) is 4.07. The number of nitrogens with one attached hydrogen (secondary N) is 1. The van der Waals surface area contributed by atoms with Crippen molar-refractivity contribution in [3.63, 3.8) is 0 Å². The van der Waals surface area contributed by atoms with Gasteiger partial charge in [0.25, 0.3) is 0 Å². The second kappa shape index (κ2) is 7.88. The molecule has 0 radical (unpaired) electrons. The van der Waals surface area contributed by atoms with Crippen molar-refractivity contribution in [2.45, 2.75) is 25.9 Å². The lowest BCUT2D eigenvalue weighted by atomic mass is 10.1. The van der Waals surface area contributed by atoms with E-state index in [0.29, 0.717) is 27.6 Å². The molecule has 0 unspecified atom stereocenters. The van der Waals surface area contributed by atoms with Crippen molar-refractivity contribution in [3.8, 4) is 22.6 Å². The van der Waals surface area contributed by atoms with Crippen LogP contribution in [0.5, 0.6) is 0 Å². The number of aryl methyl sites for hydroxylation is 2. The maximum absolute atomic E-state index is 13.0. The van der Waals surface area contributed by atoms with Crippen molar-refractivity contribution < 1.29 is 13.2 Å². The molecule has 0 spiro atoms. The molecule has 5 nitrogen and oxygen atoms in total. The van der Waals surface area contributed by atoms with Gasteiger partial charge in [0.2, 0.25) is 0 Å². The second-order valence-corrected chi connectivity index (χ2v) is 8.32. The summed E-state index contributed by atoms with van der Waals surface area (Å²) in [6.07, 6.45) is -0.945. The van der Waals surface area contributed by atoms with E-state index in [2.05, 4.69) is 17.0 Å². The molecule has 168 valence electrons. The molecule has 1 N–H and O–H groups in total. The lowest BCUT2D eigenvalue weighted by Gasteiger charge is -2.09. The Bertz CT molecular complexity index is 1480. The highest BCUT2D eigenvalue weighted by molar-refractivity contribution is 6.31. The topological polar surface area (TPSA) is 59.4 Å². The number of aromatic amines is 1. The van der Waals surface area contributed by atoms with Crippen LogP contribution < -0.4 is 0 Å². The van der Waals surface area contributed by atoms with Gasteiger partial charge in [0.1, 0.15) is 16.7 Å². The van der Waals surface area contributed by atoms with Crippen molar-refractivity contribution in [3.05, 3.63) is 64.9 Å². The highest BCUT2D eigenvalue weighted by atomic mass is 35.5. The number of halogens is 4. The smallest absolute Gasteiger partial charge is 0.360 e. The van der Waals surface area contributed by atoms with Gasteiger partial charge < -0.3 is 4.98 Å². The standard InChI is InChI=1S/C24H19ClF3N5/c1-3-4-18-21-22(33(2)32-18)20(17-12-29-19-11-15(25)9-10-16(17)19)30-23(31-21)13-5-7-14(8-6-13)24(26,27)28/h5-12,29H,3-4H2,1-2H3. The number of alkyl halides is 3. The maximum atomic E-state index is 13.0. The molecule has 0 saturated heterocycles. The van der Waals surface area contributed by atoms with Crippen LogP contribution in [0.3, 0.4) is 0 Å². The number of H-pyrrole nitrogens is 1. The molecule has 0 aliphatic heterocycles. The van der Waals surface area contributed by atoms with Crippen LogP contribution in [0.25, 0.3) is 44.6 Å². The van der Waals surface area contributed by atoms with E-state index in [4.69, 9.17) is 21.6 Å². The van der Waals surface area contributed by atoms with E-state index < -0.39 is 11.7 Å². The molecular weight excluding hydrogens is 451 g/mol. The quantitative estimate of drug-likeness (QED) is 0.315. The molecule has 33 heavy (non-hydrogen) atoms. The van der Waals surface area contributed by atoms with E-state index in [9.17, 15) is 13.2 Å². The molecule has 0 atom stereocenters. The van der Waals surface area contributed by atoms with Gasteiger partial charge in [0.05, 0.1) is 11.3 Å². The molecule has 3 aromatic heterocycles. The molecule has 5 aromatic rings. The molecule has 0 aliphatic carbocycles. The summed E-state index contributed by atoms with van der Waals surface area (Å²) in [5, 5.41) is 6.20. The molecule has 0 amide bonds. The number of hydrogen-bond acceptors (Lipinski definition) is 3. The second-order valence-electron chi connectivity index (χ2n) is 7.88. The Morgan fingerprint density at radius 3 is 2.52 bits per heavy atom. The van der Waals surface area contributed by atoms with Gasteiger partial charge in [-0.05, 0) is 30.7 Å². The zero-order valence-electron chi connectivity index (χ0n) is 17.8. The molecule has 0 fully saturated rings. The first-order valence-corrected chi connectivity index (χ1v) is 10.8. The normalized spacial score (nSPS) is 12.2. The summed E-state index contributed by atoms with van der Waals surface area (Å²) in [7, 11) is 1.85. The van der Waals surface area contributed by atoms with Crippen molar-refractivity contribution in [1.29, 1.82) is 0 Å². The number of hydrogen-bond donors (Lipinski definition) is 1. The van der Waals surface area contributed by atoms with Gasteiger partial charge in [-0.1, -0.05) is 43.1 Å². The Balaban J connectivity index is 1.77. The first-order valence-electron chi connectivity index (χ1n) is 10.4. The molecule has 0 saturated carbocycles.